The molecule has 0 aliphatic heterocycles. The van der Waals surface area contributed by atoms with E-state index in [1.54, 1.807) is 0 Å². The van der Waals surface area contributed by atoms with E-state index in [0.29, 0.717) is 5.92 Å². The van der Waals surface area contributed by atoms with E-state index in [0.717, 1.165) is 18.4 Å². The Kier molecular flexibility index (Phi) is 6.58. The number of hydrogen-bond acceptors (Lipinski definition) is 1. The molecule has 94 valence electrons. The Labute approximate surface area is 107 Å². The predicted octanol–water partition coefficient (Wildman–Crippen LogP) is 5.03. The molecule has 1 nitrogen and oxygen atoms in total. The number of nitrogens with zero attached hydrogens (tertiary/aromatic N) is 1. The molecule has 0 amide bonds. The van der Waals surface area contributed by atoms with Gasteiger partial charge in [-0.15, -0.1) is 0 Å². The first-order valence-electron chi connectivity index (χ1n) is 6.23. The van der Waals surface area contributed by atoms with Crippen LogP contribution in [-0.2, 0) is 0 Å². The highest BCUT2D eigenvalue weighted by molar-refractivity contribution is 5.26. The van der Waals surface area contributed by atoms with Crippen LogP contribution in [0, 0.1) is 22.7 Å². The third kappa shape index (κ3) is 7.58. The maximum Gasteiger partial charge on any atom is 0.0684 e. The Morgan fingerprint density at radius 3 is 2.35 bits per heavy atom. The summed E-state index contributed by atoms with van der Waals surface area (Å²) in [6.07, 6.45) is 8.27. The fourth-order valence-electron chi connectivity index (χ4n) is 1.39. The van der Waals surface area contributed by atoms with E-state index in [-0.39, 0.29) is 5.41 Å². The van der Waals surface area contributed by atoms with Crippen LogP contribution in [0.15, 0.2) is 36.0 Å². The van der Waals surface area contributed by atoms with Crippen molar-refractivity contribution >= 4 is 0 Å². The van der Waals surface area contributed by atoms with Gasteiger partial charge in [-0.1, -0.05) is 44.2 Å². The molecule has 0 atom stereocenters. The molecule has 0 unspecified atom stereocenters. The molecule has 0 radical (unpaired) electrons. The van der Waals surface area contributed by atoms with Crippen molar-refractivity contribution in [3.05, 3.63) is 36.0 Å². The molecule has 0 fully saturated rings. The average molecular weight is 231 g/mol. The molecule has 0 aliphatic rings. The first-order chi connectivity index (χ1) is 7.78. The zero-order valence-electron chi connectivity index (χ0n) is 11.9. The van der Waals surface area contributed by atoms with Gasteiger partial charge in [0.2, 0.25) is 0 Å². The highest BCUT2D eigenvalue weighted by Gasteiger charge is 2.15. The van der Waals surface area contributed by atoms with E-state index in [1.807, 2.05) is 26.8 Å². The van der Waals surface area contributed by atoms with Crippen molar-refractivity contribution in [1.82, 2.24) is 0 Å². The Bertz CT molecular complexity index is 348. The van der Waals surface area contributed by atoms with Gasteiger partial charge in [0.25, 0.3) is 0 Å². The summed E-state index contributed by atoms with van der Waals surface area (Å²) in [7, 11) is 0. The van der Waals surface area contributed by atoms with Gasteiger partial charge in [0.15, 0.2) is 0 Å². The number of rotatable bonds is 6. The van der Waals surface area contributed by atoms with E-state index in [4.69, 9.17) is 5.26 Å². The maximum absolute atomic E-state index is 8.95. The van der Waals surface area contributed by atoms with Crippen molar-refractivity contribution in [2.45, 2.75) is 47.5 Å². The van der Waals surface area contributed by atoms with Gasteiger partial charge in [-0.05, 0) is 45.1 Å². The maximum atomic E-state index is 8.95. The van der Waals surface area contributed by atoms with E-state index < -0.39 is 0 Å². The van der Waals surface area contributed by atoms with E-state index >= 15 is 0 Å². The summed E-state index contributed by atoms with van der Waals surface area (Å²) in [4.78, 5) is 0. The molecular formula is C16H25N. The lowest BCUT2D eigenvalue weighted by Gasteiger charge is -2.14. The highest BCUT2D eigenvalue weighted by Crippen LogP contribution is 2.22. The molecular weight excluding hydrogens is 206 g/mol. The molecule has 0 aromatic rings. The lowest BCUT2D eigenvalue weighted by Crippen LogP contribution is -2.06. The summed E-state index contributed by atoms with van der Waals surface area (Å²) in [6, 6.07) is 2.33. The number of nitriles is 1. The Hall–Kier alpha value is -1.29. The Morgan fingerprint density at radius 2 is 1.94 bits per heavy atom. The minimum atomic E-state index is -0.226. The highest BCUT2D eigenvalue weighted by atomic mass is 14.3. The monoisotopic (exact) mass is 231 g/mol. The summed E-state index contributed by atoms with van der Waals surface area (Å²) >= 11 is 0. The zero-order chi connectivity index (χ0) is 13.5. The van der Waals surface area contributed by atoms with Crippen LogP contribution >= 0.6 is 0 Å². The molecule has 0 heterocycles. The summed E-state index contributed by atoms with van der Waals surface area (Å²) in [6.45, 7) is 14.2. The first kappa shape index (κ1) is 15.7. The second kappa shape index (κ2) is 7.12. The normalized spacial score (nSPS) is 13.1. The lowest BCUT2D eigenvalue weighted by atomic mass is 9.88. The van der Waals surface area contributed by atoms with Gasteiger partial charge in [-0.25, -0.2) is 0 Å². The van der Waals surface area contributed by atoms with Gasteiger partial charge in [-0.3, -0.25) is 0 Å². The van der Waals surface area contributed by atoms with Gasteiger partial charge < -0.3 is 0 Å². The first-order valence-corrected chi connectivity index (χ1v) is 6.23. The largest absolute Gasteiger partial charge is 0.198 e. The van der Waals surface area contributed by atoms with Crippen LogP contribution < -0.4 is 0 Å². The molecule has 0 saturated carbocycles. The van der Waals surface area contributed by atoms with Crippen molar-refractivity contribution < 1.29 is 0 Å². The van der Waals surface area contributed by atoms with Crippen LogP contribution in [0.2, 0.25) is 0 Å². The molecule has 0 aromatic carbocycles. The third-order valence-corrected chi connectivity index (χ3v) is 2.68. The Balaban J connectivity index is 4.54. The van der Waals surface area contributed by atoms with E-state index in [1.165, 1.54) is 5.57 Å². The van der Waals surface area contributed by atoms with Crippen molar-refractivity contribution in [2.24, 2.45) is 11.3 Å². The second-order valence-corrected chi connectivity index (χ2v) is 5.57. The van der Waals surface area contributed by atoms with Crippen molar-refractivity contribution in [1.29, 1.82) is 5.26 Å². The van der Waals surface area contributed by atoms with Gasteiger partial charge in [0.05, 0.1) is 11.5 Å². The molecule has 0 spiro atoms. The minimum absolute atomic E-state index is 0.226. The summed E-state index contributed by atoms with van der Waals surface area (Å²) in [5, 5.41) is 8.95. The van der Waals surface area contributed by atoms with Gasteiger partial charge in [0, 0.05) is 0 Å². The zero-order valence-corrected chi connectivity index (χ0v) is 11.9. The molecule has 17 heavy (non-hydrogen) atoms. The minimum Gasteiger partial charge on any atom is -0.198 e. The summed E-state index contributed by atoms with van der Waals surface area (Å²) in [5.74, 6) is 0.510. The van der Waals surface area contributed by atoms with Crippen LogP contribution in [0.1, 0.15) is 47.5 Å². The van der Waals surface area contributed by atoms with Gasteiger partial charge in [-0.2, -0.15) is 5.26 Å². The third-order valence-electron chi connectivity index (χ3n) is 2.68. The van der Waals surface area contributed by atoms with Crippen LogP contribution in [-0.4, -0.2) is 0 Å². The lowest BCUT2D eigenvalue weighted by molar-refractivity contribution is 0.456. The molecule has 0 bridgehead atoms. The summed E-state index contributed by atoms with van der Waals surface area (Å²) < 4.78 is 0. The van der Waals surface area contributed by atoms with E-state index in [9.17, 15) is 0 Å². The standard InChI is InChI=1S/C16H25N/c1-13(2)9-10-15(14(3)4)8-7-11-16(5,6)12-17/h8-10,14H,1,7,11H2,2-6H3/b10-9-,15-8+. The second-order valence-electron chi connectivity index (χ2n) is 5.57. The topological polar surface area (TPSA) is 23.8 Å². The molecule has 0 aliphatic carbocycles. The smallest absolute Gasteiger partial charge is 0.0684 e. The number of hydrogen-bond donors (Lipinski definition) is 0. The molecule has 0 N–H and O–H groups in total. The average Bonchev–Trinajstić information content (AvgIpc) is 2.22. The van der Waals surface area contributed by atoms with Crippen LogP contribution in [0.5, 0.6) is 0 Å². The quantitative estimate of drug-likeness (QED) is 0.588. The van der Waals surface area contributed by atoms with Crippen LogP contribution in [0.4, 0.5) is 0 Å². The fraction of sp³-hybridized carbons (Fsp3) is 0.562. The fourth-order valence-corrected chi connectivity index (χ4v) is 1.39. The van der Waals surface area contributed by atoms with E-state index in [2.05, 4.69) is 38.6 Å². The van der Waals surface area contributed by atoms with Crippen LogP contribution in [0.25, 0.3) is 0 Å². The van der Waals surface area contributed by atoms with Crippen molar-refractivity contribution in [3.63, 3.8) is 0 Å². The van der Waals surface area contributed by atoms with Gasteiger partial charge >= 0.3 is 0 Å². The molecule has 0 aromatic heterocycles. The van der Waals surface area contributed by atoms with Crippen molar-refractivity contribution in [3.8, 4) is 6.07 Å². The SMILES string of the molecule is C=C(C)/C=C\C(=C/CCC(C)(C)C#N)C(C)C. The van der Waals surface area contributed by atoms with Gasteiger partial charge in [0.1, 0.15) is 0 Å². The van der Waals surface area contributed by atoms with Crippen LogP contribution in [0.3, 0.4) is 0 Å². The Morgan fingerprint density at radius 1 is 1.35 bits per heavy atom. The molecule has 0 saturated heterocycles. The molecule has 0 rings (SSSR count). The number of allylic oxidation sites excluding steroid dienone is 5. The summed E-state index contributed by atoms with van der Waals surface area (Å²) in [5.41, 5.74) is 2.16. The predicted molar refractivity (Wildman–Crippen MR) is 75.5 cm³/mol. The van der Waals surface area contributed by atoms with Crippen molar-refractivity contribution in [2.75, 3.05) is 0 Å². The molecule has 1 heteroatoms.